The molecule has 0 radical (unpaired) electrons. The smallest absolute Gasteiger partial charge is 0.197 e. The van der Waals surface area contributed by atoms with Crippen molar-refractivity contribution in [1.29, 1.82) is 0 Å². The third-order valence-electron chi connectivity index (χ3n) is 2.54. The zero-order valence-corrected chi connectivity index (χ0v) is 11.5. The number of rotatable bonds is 4. The number of hydrogen-bond acceptors (Lipinski definition) is 4. The standard InChI is InChI=1S/C12H13ClN2O2S/c1-9-12(18(16,17)8-4-7-13)15-11-6-3-2-5-10(11)14-9/h2-3,5-6H,4,7-8H2,1H3. The Kier molecular flexibility index (Phi) is 3.82. The first kappa shape index (κ1) is 13.2. The van der Waals surface area contributed by atoms with Crippen molar-refractivity contribution in [2.75, 3.05) is 11.6 Å². The van der Waals surface area contributed by atoms with Gasteiger partial charge in [0.1, 0.15) is 0 Å². The zero-order valence-electron chi connectivity index (χ0n) is 9.93. The maximum absolute atomic E-state index is 12.1. The van der Waals surface area contributed by atoms with Gasteiger partial charge in [-0.05, 0) is 25.5 Å². The lowest BCUT2D eigenvalue weighted by Gasteiger charge is -2.07. The molecular weight excluding hydrogens is 272 g/mol. The Morgan fingerprint density at radius 1 is 1.17 bits per heavy atom. The van der Waals surface area contributed by atoms with Crippen LogP contribution in [0.4, 0.5) is 0 Å². The molecule has 0 saturated carbocycles. The molecule has 96 valence electrons. The van der Waals surface area contributed by atoms with Crippen molar-refractivity contribution in [3.63, 3.8) is 0 Å². The molecule has 0 aliphatic rings. The van der Waals surface area contributed by atoms with Gasteiger partial charge in [-0.1, -0.05) is 12.1 Å². The summed E-state index contributed by atoms with van der Waals surface area (Å²) in [7, 11) is -3.40. The summed E-state index contributed by atoms with van der Waals surface area (Å²) in [5.74, 6) is 0.323. The van der Waals surface area contributed by atoms with Crippen LogP contribution in [0.25, 0.3) is 11.0 Å². The van der Waals surface area contributed by atoms with Crippen LogP contribution >= 0.6 is 11.6 Å². The van der Waals surface area contributed by atoms with E-state index in [0.717, 1.165) is 0 Å². The van der Waals surface area contributed by atoms with E-state index in [1.54, 1.807) is 13.0 Å². The van der Waals surface area contributed by atoms with E-state index < -0.39 is 9.84 Å². The van der Waals surface area contributed by atoms with Gasteiger partial charge in [-0.2, -0.15) is 0 Å². The van der Waals surface area contributed by atoms with E-state index >= 15 is 0 Å². The number of halogens is 1. The van der Waals surface area contributed by atoms with E-state index in [4.69, 9.17) is 11.6 Å². The fourth-order valence-electron chi connectivity index (χ4n) is 1.71. The first-order valence-corrected chi connectivity index (χ1v) is 7.75. The third-order valence-corrected chi connectivity index (χ3v) is 4.61. The molecule has 2 rings (SSSR count). The normalized spacial score (nSPS) is 11.9. The Morgan fingerprint density at radius 2 is 1.78 bits per heavy atom. The third kappa shape index (κ3) is 2.62. The van der Waals surface area contributed by atoms with Gasteiger partial charge in [-0.3, -0.25) is 0 Å². The molecule has 0 aliphatic heterocycles. The SMILES string of the molecule is Cc1nc2ccccc2nc1S(=O)(=O)CCCCl. The molecule has 1 heterocycles. The van der Waals surface area contributed by atoms with Crippen LogP contribution in [-0.2, 0) is 9.84 Å². The molecular formula is C12H13ClN2O2S. The monoisotopic (exact) mass is 284 g/mol. The first-order chi connectivity index (χ1) is 8.54. The van der Waals surface area contributed by atoms with Crippen molar-refractivity contribution in [2.24, 2.45) is 0 Å². The van der Waals surface area contributed by atoms with Gasteiger partial charge >= 0.3 is 0 Å². The van der Waals surface area contributed by atoms with Crippen LogP contribution in [0, 0.1) is 6.92 Å². The van der Waals surface area contributed by atoms with Crippen molar-refractivity contribution in [1.82, 2.24) is 9.97 Å². The zero-order chi connectivity index (χ0) is 13.2. The van der Waals surface area contributed by atoms with E-state index in [-0.39, 0.29) is 10.8 Å². The van der Waals surface area contributed by atoms with Crippen molar-refractivity contribution in [3.8, 4) is 0 Å². The molecule has 0 N–H and O–H groups in total. The van der Waals surface area contributed by atoms with E-state index in [0.29, 0.717) is 29.0 Å². The summed E-state index contributed by atoms with van der Waals surface area (Å²) in [6.07, 6.45) is 0.415. The molecule has 6 heteroatoms. The fourth-order valence-corrected chi connectivity index (χ4v) is 3.45. The molecule has 4 nitrogen and oxygen atoms in total. The highest BCUT2D eigenvalue weighted by atomic mass is 35.5. The minimum Gasteiger partial charge on any atom is -0.248 e. The minimum absolute atomic E-state index is 0.00433. The number of aryl methyl sites for hydroxylation is 1. The summed E-state index contributed by atoms with van der Waals surface area (Å²) in [5, 5.41) is 0.0614. The van der Waals surface area contributed by atoms with Gasteiger partial charge in [0.15, 0.2) is 14.9 Å². The predicted molar refractivity (Wildman–Crippen MR) is 71.7 cm³/mol. The number of sulfone groups is 1. The Morgan fingerprint density at radius 3 is 2.39 bits per heavy atom. The maximum Gasteiger partial charge on any atom is 0.197 e. The summed E-state index contributed by atoms with van der Waals surface area (Å²) < 4.78 is 24.2. The number of hydrogen-bond donors (Lipinski definition) is 0. The summed E-state index contributed by atoms with van der Waals surface area (Å²) >= 11 is 5.53. The van der Waals surface area contributed by atoms with Crippen molar-refractivity contribution in [2.45, 2.75) is 18.4 Å². The lowest BCUT2D eigenvalue weighted by molar-refractivity contribution is 0.590. The molecule has 0 spiro atoms. The molecule has 0 atom stereocenters. The van der Waals surface area contributed by atoms with Crippen LogP contribution in [0.15, 0.2) is 29.3 Å². The number of benzene rings is 1. The van der Waals surface area contributed by atoms with Crippen LogP contribution in [0.2, 0.25) is 0 Å². The number of alkyl halides is 1. The van der Waals surface area contributed by atoms with Crippen LogP contribution in [0.5, 0.6) is 0 Å². The van der Waals surface area contributed by atoms with Crippen molar-refractivity contribution in [3.05, 3.63) is 30.0 Å². The number of nitrogens with zero attached hydrogens (tertiary/aromatic N) is 2. The molecule has 0 amide bonds. The Labute approximate surface area is 111 Å². The summed E-state index contributed by atoms with van der Waals surface area (Å²) in [4.78, 5) is 8.48. The minimum atomic E-state index is -3.40. The Bertz CT molecular complexity index is 671. The number of fused-ring (bicyclic) bond motifs is 1. The molecule has 0 saturated heterocycles. The first-order valence-electron chi connectivity index (χ1n) is 5.57. The maximum atomic E-state index is 12.1. The van der Waals surface area contributed by atoms with Gasteiger partial charge in [0.05, 0.1) is 22.5 Å². The molecule has 2 aromatic rings. The number of para-hydroxylation sites is 2. The summed E-state index contributed by atoms with van der Waals surface area (Å²) in [6, 6.07) is 7.21. The topological polar surface area (TPSA) is 59.9 Å². The highest BCUT2D eigenvalue weighted by Gasteiger charge is 2.20. The molecule has 1 aromatic heterocycles. The van der Waals surface area contributed by atoms with Crippen LogP contribution in [-0.4, -0.2) is 30.0 Å². The van der Waals surface area contributed by atoms with Gasteiger partial charge < -0.3 is 0 Å². The molecule has 0 bridgehead atoms. The highest BCUT2D eigenvalue weighted by molar-refractivity contribution is 7.91. The van der Waals surface area contributed by atoms with E-state index in [2.05, 4.69) is 9.97 Å². The average Bonchev–Trinajstić information content (AvgIpc) is 2.35. The van der Waals surface area contributed by atoms with E-state index in [9.17, 15) is 8.42 Å². The lowest BCUT2D eigenvalue weighted by Crippen LogP contribution is -2.12. The van der Waals surface area contributed by atoms with Gasteiger partial charge in [0, 0.05) is 5.88 Å². The van der Waals surface area contributed by atoms with E-state index in [1.165, 1.54) is 0 Å². The van der Waals surface area contributed by atoms with Crippen LogP contribution < -0.4 is 0 Å². The molecule has 1 aromatic carbocycles. The van der Waals surface area contributed by atoms with Gasteiger partial charge in [0.2, 0.25) is 0 Å². The second-order valence-corrected chi connectivity index (χ2v) is 6.37. The lowest BCUT2D eigenvalue weighted by atomic mass is 10.3. The quantitative estimate of drug-likeness (QED) is 0.809. The van der Waals surface area contributed by atoms with Gasteiger partial charge in [-0.25, -0.2) is 18.4 Å². The number of aromatic nitrogens is 2. The van der Waals surface area contributed by atoms with Crippen LogP contribution in [0.1, 0.15) is 12.1 Å². The average molecular weight is 285 g/mol. The van der Waals surface area contributed by atoms with E-state index in [1.807, 2.05) is 18.2 Å². The Hall–Kier alpha value is -1.20. The molecule has 0 fully saturated rings. The second kappa shape index (κ2) is 5.20. The molecule has 0 aliphatic carbocycles. The fraction of sp³-hybridized carbons (Fsp3) is 0.333. The molecule has 18 heavy (non-hydrogen) atoms. The van der Waals surface area contributed by atoms with Gasteiger partial charge in [-0.15, -0.1) is 11.6 Å². The molecule has 0 unspecified atom stereocenters. The summed E-state index contributed by atoms with van der Waals surface area (Å²) in [6.45, 7) is 1.66. The second-order valence-electron chi connectivity index (χ2n) is 3.96. The van der Waals surface area contributed by atoms with Crippen LogP contribution in [0.3, 0.4) is 0 Å². The van der Waals surface area contributed by atoms with Gasteiger partial charge in [0.25, 0.3) is 0 Å². The van der Waals surface area contributed by atoms with Crippen molar-refractivity contribution < 1.29 is 8.42 Å². The largest absolute Gasteiger partial charge is 0.248 e. The Balaban J connectivity index is 2.54. The highest BCUT2D eigenvalue weighted by Crippen LogP contribution is 2.17. The predicted octanol–water partition coefficient (Wildman–Crippen LogP) is 2.34. The van der Waals surface area contributed by atoms with Crippen molar-refractivity contribution >= 4 is 32.5 Å². The summed E-state index contributed by atoms with van der Waals surface area (Å²) in [5.41, 5.74) is 1.72.